The molecule has 1 N–H and O–H groups in total. The van der Waals surface area contributed by atoms with Gasteiger partial charge < -0.3 is 14.8 Å². The van der Waals surface area contributed by atoms with Crippen LogP contribution in [0, 0.1) is 0 Å². The summed E-state index contributed by atoms with van der Waals surface area (Å²) in [4.78, 5) is 12.2. The SMILES string of the molecule is CCOCCOCc1cccc(CNC(=O)/C=C/c2cccc3ccccc23)c1. The first-order valence-electron chi connectivity index (χ1n) is 9.93. The lowest BCUT2D eigenvalue weighted by Gasteiger charge is -2.07. The molecule has 4 nitrogen and oxygen atoms in total. The van der Waals surface area contributed by atoms with E-state index in [4.69, 9.17) is 9.47 Å². The highest BCUT2D eigenvalue weighted by Gasteiger charge is 2.01. The quantitative estimate of drug-likeness (QED) is 0.403. The third-order valence-electron chi connectivity index (χ3n) is 4.54. The molecule has 4 heteroatoms. The molecular formula is C25H27NO3. The van der Waals surface area contributed by atoms with Crippen LogP contribution in [0.25, 0.3) is 16.8 Å². The highest BCUT2D eigenvalue weighted by molar-refractivity contribution is 5.96. The van der Waals surface area contributed by atoms with Gasteiger partial charge in [0.05, 0.1) is 19.8 Å². The van der Waals surface area contributed by atoms with Gasteiger partial charge >= 0.3 is 0 Å². The van der Waals surface area contributed by atoms with Gasteiger partial charge in [-0.05, 0) is 40.5 Å². The molecule has 3 rings (SSSR count). The molecule has 0 saturated heterocycles. The number of fused-ring (bicyclic) bond motifs is 1. The summed E-state index contributed by atoms with van der Waals surface area (Å²) in [5.74, 6) is -0.115. The molecule has 29 heavy (non-hydrogen) atoms. The van der Waals surface area contributed by atoms with Crippen molar-refractivity contribution in [1.29, 1.82) is 0 Å². The van der Waals surface area contributed by atoms with Gasteiger partial charge in [-0.15, -0.1) is 0 Å². The number of hydrogen-bond donors (Lipinski definition) is 1. The monoisotopic (exact) mass is 389 g/mol. The molecule has 0 aliphatic heterocycles. The average molecular weight is 389 g/mol. The zero-order valence-corrected chi connectivity index (χ0v) is 16.8. The fourth-order valence-electron chi connectivity index (χ4n) is 3.09. The number of nitrogens with one attached hydrogen (secondary N) is 1. The second-order valence-electron chi connectivity index (χ2n) is 6.69. The van der Waals surface area contributed by atoms with E-state index in [1.807, 2.05) is 55.5 Å². The lowest BCUT2D eigenvalue weighted by Crippen LogP contribution is -2.20. The maximum Gasteiger partial charge on any atom is 0.244 e. The lowest BCUT2D eigenvalue weighted by atomic mass is 10.0. The third kappa shape index (κ3) is 6.56. The van der Waals surface area contributed by atoms with Crippen molar-refractivity contribution in [3.8, 4) is 0 Å². The fraction of sp³-hybridized carbons (Fsp3) is 0.240. The van der Waals surface area contributed by atoms with E-state index < -0.39 is 0 Å². The minimum atomic E-state index is -0.115. The fourth-order valence-corrected chi connectivity index (χ4v) is 3.09. The Morgan fingerprint density at radius 1 is 0.931 bits per heavy atom. The van der Waals surface area contributed by atoms with Crippen LogP contribution in [0.15, 0.2) is 72.8 Å². The van der Waals surface area contributed by atoms with Gasteiger partial charge in [-0.3, -0.25) is 4.79 Å². The molecule has 3 aromatic rings. The summed E-state index contributed by atoms with van der Waals surface area (Å²) in [6, 6.07) is 22.3. The Morgan fingerprint density at radius 3 is 2.59 bits per heavy atom. The van der Waals surface area contributed by atoms with Crippen molar-refractivity contribution in [3.63, 3.8) is 0 Å². The van der Waals surface area contributed by atoms with Crippen molar-refractivity contribution < 1.29 is 14.3 Å². The molecule has 3 aromatic carbocycles. The molecule has 0 aromatic heterocycles. The van der Waals surface area contributed by atoms with Gasteiger partial charge in [0.1, 0.15) is 0 Å². The number of ether oxygens (including phenoxy) is 2. The Labute approximate surface area is 172 Å². The maximum absolute atomic E-state index is 12.2. The molecular weight excluding hydrogens is 362 g/mol. The van der Waals surface area contributed by atoms with Crippen molar-refractivity contribution in [2.24, 2.45) is 0 Å². The van der Waals surface area contributed by atoms with E-state index in [2.05, 4.69) is 29.6 Å². The molecule has 1 amide bonds. The van der Waals surface area contributed by atoms with E-state index in [1.165, 1.54) is 0 Å². The average Bonchev–Trinajstić information content (AvgIpc) is 2.76. The van der Waals surface area contributed by atoms with Crippen molar-refractivity contribution in [1.82, 2.24) is 5.32 Å². The molecule has 0 radical (unpaired) electrons. The topological polar surface area (TPSA) is 47.6 Å². The summed E-state index contributed by atoms with van der Waals surface area (Å²) in [5.41, 5.74) is 3.16. The Bertz CT molecular complexity index is 960. The van der Waals surface area contributed by atoms with Gasteiger partial charge in [-0.2, -0.15) is 0 Å². The largest absolute Gasteiger partial charge is 0.379 e. The van der Waals surface area contributed by atoms with E-state index in [0.29, 0.717) is 33.0 Å². The first kappa shape index (κ1) is 20.8. The van der Waals surface area contributed by atoms with E-state index in [9.17, 15) is 4.79 Å². The maximum atomic E-state index is 12.2. The number of benzene rings is 3. The van der Waals surface area contributed by atoms with Gasteiger partial charge in [0.25, 0.3) is 0 Å². The number of carbonyl (C=O) groups is 1. The molecule has 150 valence electrons. The molecule has 0 bridgehead atoms. The van der Waals surface area contributed by atoms with Crippen LogP contribution in [0.5, 0.6) is 0 Å². The Kier molecular flexibility index (Phi) is 7.99. The van der Waals surface area contributed by atoms with Crippen LogP contribution in [-0.2, 0) is 27.4 Å². The van der Waals surface area contributed by atoms with Crippen LogP contribution in [-0.4, -0.2) is 25.7 Å². The molecule has 0 heterocycles. The van der Waals surface area contributed by atoms with Gasteiger partial charge in [0, 0.05) is 19.2 Å². The Morgan fingerprint density at radius 2 is 1.69 bits per heavy atom. The zero-order valence-electron chi connectivity index (χ0n) is 16.8. The number of amides is 1. The van der Waals surface area contributed by atoms with Crippen molar-refractivity contribution in [3.05, 3.63) is 89.5 Å². The van der Waals surface area contributed by atoms with Crippen LogP contribution >= 0.6 is 0 Å². The highest BCUT2D eigenvalue weighted by Crippen LogP contribution is 2.19. The molecule has 0 spiro atoms. The van der Waals surface area contributed by atoms with E-state index in [-0.39, 0.29) is 5.91 Å². The first-order valence-corrected chi connectivity index (χ1v) is 9.93. The third-order valence-corrected chi connectivity index (χ3v) is 4.54. The normalized spacial score (nSPS) is 11.2. The second kappa shape index (κ2) is 11.1. The van der Waals surface area contributed by atoms with Gasteiger partial charge in [0.15, 0.2) is 0 Å². The lowest BCUT2D eigenvalue weighted by molar-refractivity contribution is -0.116. The molecule has 0 aliphatic carbocycles. The predicted molar refractivity (Wildman–Crippen MR) is 117 cm³/mol. The minimum Gasteiger partial charge on any atom is -0.379 e. The molecule has 0 fully saturated rings. The van der Waals surface area contributed by atoms with E-state index in [0.717, 1.165) is 27.5 Å². The standard InChI is InChI=1S/C25H27NO3/c1-2-28-15-16-29-19-21-8-5-7-20(17-21)18-26-25(27)14-13-23-11-6-10-22-9-3-4-12-24(22)23/h3-14,17H,2,15-16,18-19H2,1H3,(H,26,27)/b14-13+. The highest BCUT2D eigenvalue weighted by atomic mass is 16.5. The first-order chi connectivity index (χ1) is 14.3. The van der Waals surface area contributed by atoms with Crippen LogP contribution in [0.3, 0.4) is 0 Å². The summed E-state index contributed by atoms with van der Waals surface area (Å²) in [6.45, 7) is 4.87. The van der Waals surface area contributed by atoms with Crippen molar-refractivity contribution >= 4 is 22.8 Å². The zero-order chi connectivity index (χ0) is 20.3. The summed E-state index contributed by atoms with van der Waals surface area (Å²) in [5, 5.41) is 5.24. The summed E-state index contributed by atoms with van der Waals surface area (Å²) in [7, 11) is 0. The summed E-state index contributed by atoms with van der Waals surface area (Å²) < 4.78 is 10.9. The Hall–Kier alpha value is -2.95. The van der Waals surface area contributed by atoms with E-state index >= 15 is 0 Å². The van der Waals surface area contributed by atoms with Gasteiger partial charge in [-0.1, -0.05) is 66.7 Å². The van der Waals surface area contributed by atoms with Crippen molar-refractivity contribution in [2.45, 2.75) is 20.1 Å². The molecule has 0 saturated carbocycles. The van der Waals surface area contributed by atoms with Crippen molar-refractivity contribution in [2.75, 3.05) is 19.8 Å². The number of rotatable bonds is 10. The van der Waals surface area contributed by atoms with Gasteiger partial charge in [-0.25, -0.2) is 0 Å². The van der Waals surface area contributed by atoms with Crippen LogP contribution in [0.4, 0.5) is 0 Å². The molecule has 0 atom stereocenters. The predicted octanol–water partition coefficient (Wildman–Crippen LogP) is 4.72. The Balaban J connectivity index is 1.51. The van der Waals surface area contributed by atoms with Crippen LogP contribution < -0.4 is 5.32 Å². The second-order valence-corrected chi connectivity index (χ2v) is 6.69. The number of carbonyl (C=O) groups excluding carboxylic acids is 1. The minimum absolute atomic E-state index is 0.115. The van der Waals surface area contributed by atoms with E-state index in [1.54, 1.807) is 6.08 Å². The molecule has 0 aliphatic rings. The van der Waals surface area contributed by atoms with Gasteiger partial charge in [0.2, 0.25) is 5.91 Å². The van der Waals surface area contributed by atoms with Crippen LogP contribution in [0.1, 0.15) is 23.6 Å². The smallest absolute Gasteiger partial charge is 0.244 e. The van der Waals surface area contributed by atoms with Crippen LogP contribution in [0.2, 0.25) is 0 Å². The molecule has 0 unspecified atom stereocenters. The summed E-state index contributed by atoms with van der Waals surface area (Å²) in [6.07, 6.45) is 3.45. The summed E-state index contributed by atoms with van der Waals surface area (Å²) >= 11 is 0. The number of hydrogen-bond acceptors (Lipinski definition) is 3.